The van der Waals surface area contributed by atoms with Crippen molar-refractivity contribution in [3.05, 3.63) is 65.4 Å². The van der Waals surface area contributed by atoms with Crippen LogP contribution in [0.3, 0.4) is 0 Å². The van der Waals surface area contributed by atoms with Gasteiger partial charge in [-0.05, 0) is 61.1 Å². The van der Waals surface area contributed by atoms with Gasteiger partial charge in [0, 0.05) is 30.7 Å². The van der Waals surface area contributed by atoms with E-state index in [0.29, 0.717) is 12.1 Å². The molecule has 2 unspecified atom stereocenters. The second-order valence-electron chi connectivity index (χ2n) is 8.38. The maximum absolute atomic E-state index is 14.1. The lowest BCUT2D eigenvalue weighted by atomic mass is 10.0. The van der Waals surface area contributed by atoms with Crippen LogP contribution in [0.25, 0.3) is 22.2 Å². The molecule has 2 aliphatic heterocycles. The number of imidazole rings is 1. The summed E-state index contributed by atoms with van der Waals surface area (Å²) in [5.74, 6) is 0.688. The van der Waals surface area contributed by atoms with Gasteiger partial charge in [0.25, 0.3) is 0 Å². The molecule has 0 amide bonds. The van der Waals surface area contributed by atoms with Crippen LogP contribution in [0.5, 0.6) is 0 Å². The summed E-state index contributed by atoms with van der Waals surface area (Å²) in [6.07, 6.45) is 8.33. The molecule has 3 aromatic rings. The Labute approximate surface area is 168 Å². The molecule has 0 spiro atoms. The SMILES string of the molecule is N#Cc1ccc(-c2ccc3c(c2)nc2n3CC3CCC(C2)N3C2=CCC2)cc1F. The van der Waals surface area contributed by atoms with Crippen molar-refractivity contribution in [3.8, 4) is 17.2 Å². The smallest absolute Gasteiger partial charge is 0.141 e. The van der Waals surface area contributed by atoms with Crippen LogP contribution in [0, 0.1) is 17.1 Å². The molecule has 144 valence electrons. The summed E-state index contributed by atoms with van der Waals surface area (Å²) in [6.45, 7) is 0.991. The standard InChI is InChI=1S/C24H21FN4/c25-21-10-15(4-5-17(21)13-26)16-6-9-23-22(11-16)27-24-12-19-7-8-20(14-28(23)24)29(19)18-2-1-3-18/h2,4-6,9-11,19-20H,1,3,7-8,12,14H2. The molecule has 0 saturated carbocycles. The van der Waals surface area contributed by atoms with Gasteiger partial charge in [-0.3, -0.25) is 0 Å². The molecular weight excluding hydrogens is 363 g/mol. The Kier molecular flexibility index (Phi) is 3.58. The Bertz CT molecular complexity index is 1220. The van der Waals surface area contributed by atoms with Gasteiger partial charge in [0.15, 0.2) is 0 Å². The summed E-state index contributed by atoms with van der Waals surface area (Å²) in [4.78, 5) is 7.66. The first-order valence-corrected chi connectivity index (χ1v) is 10.4. The van der Waals surface area contributed by atoms with E-state index in [-0.39, 0.29) is 5.56 Å². The average Bonchev–Trinajstić information content (AvgIpc) is 3.16. The fraction of sp³-hybridized carbons (Fsp3) is 0.333. The lowest BCUT2D eigenvalue weighted by Crippen LogP contribution is -2.37. The largest absolute Gasteiger partial charge is 0.367 e. The highest BCUT2D eigenvalue weighted by Crippen LogP contribution is 2.39. The number of fused-ring (bicyclic) bond motifs is 5. The number of aromatic nitrogens is 2. The fourth-order valence-corrected chi connectivity index (χ4v) is 5.24. The molecule has 29 heavy (non-hydrogen) atoms. The van der Waals surface area contributed by atoms with Gasteiger partial charge in [0.05, 0.1) is 16.6 Å². The summed E-state index contributed by atoms with van der Waals surface area (Å²) < 4.78 is 16.5. The van der Waals surface area contributed by atoms with Crippen LogP contribution < -0.4 is 0 Å². The van der Waals surface area contributed by atoms with Gasteiger partial charge in [0.1, 0.15) is 17.7 Å². The molecule has 1 saturated heterocycles. The molecule has 5 heteroatoms. The highest BCUT2D eigenvalue weighted by molar-refractivity contribution is 5.83. The maximum atomic E-state index is 14.1. The number of benzene rings is 2. The first kappa shape index (κ1) is 16.8. The van der Waals surface area contributed by atoms with Gasteiger partial charge < -0.3 is 9.47 Å². The van der Waals surface area contributed by atoms with Crippen molar-refractivity contribution in [3.63, 3.8) is 0 Å². The Morgan fingerprint density at radius 2 is 1.86 bits per heavy atom. The third-order valence-electron chi connectivity index (χ3n) is 6.79. The van der Waals surface area contributed by atoms with Gasteiger partial charge >= 0.3 is 0 Å². The molecule has 2 bridgehead atoms. The first-order chi connectivity index (χ1) is 14.2. The van der Waals surface area contributed by atoms with E-state index >= 15 is 0 Å². The lowest BCUT2D eigenvalue weighted by molar-refractivity contribution is 0.230. The monoisotopic (exact) mass is 384 g/mol. The van der Waals surface area contributed by atoms with Crippen molar-refractivity contribution < 1.29 is 4.39 Å². The van der Waals surface area contributed by atoms with Crippen LogP contribution in [0.1, 0.15) is 37.1 Å². The number of hydrogen-bond acceptors (Lipinski definition) is 3. The van der Waals surface area contributed by atoms with Gasteiger partial charge in [-0.2, -0.15) is 5.26 Å². The van der Waals surface area contributed by atoms with Gasteiger partial charge in [0.2, 0.25) is 0 Å². The van der Waals surface area contributed by atoms with Gasteiger partial charge in [-0.15, -0.1) is 0 Å². The summed E-state index contributed by atoms with van der Waals surface area (Å²) in [5.41, 5.74) is 5.45. The van der Waals surface area contributed by atoms with E-state index in [1.54, 1.807) is 12.1 Å². The zero-order chi connectivity index (χ0) is 19.5. The highest BCUT2D eigenvalue weighted by Gasteiger charge is 2.39. The third kappa shape index (κ3) is 2.52. The number of halogens is 1. The van der Waals surface area contributed by atoms with E-state index in [2.05, 4.69) is 21.6 Å². The summed E-state index contributed by atoms with van der Waals surface area (Å²) >= 11 is 0. The molecular formula is C24H21FN4. The topological polar surface area (TPSA) is 44.9 Å². The Morgan fingerprint density at radius 3 is 2.62 bits per heavy atom. The Hall–Kier alpha value is -3.13. The summed E-state index contributed by atoms with van der Waals surface area (Å²) in [7, 11) is 0. The van der Waals surface area contributed by atoms with E-state index in [9.17, 15) is 4.39 Å². The lowest BCUT2D eigenvalue weighted by Gasteiger charge is -2.36. The van der Waals surface area contributed by atoms with Crippen LogP contribution >= 0.6 is 0 Å². The minimum atomic E-state index is -0.479. The molecule has 2 aromatic carbocycles. The number of nitrogens with zero attached hydrogens (tertiary/aromatic N) is 4. The minimum absolute atomic E-state index is 0.0742. The first-order valence-electron chi connectivity index (χ1n) is 10.4. The van der Waals surface area contributed by atoms with E-state index in [4.69, 9.17) is 10.2 Å². The van der Waals surface area contributed by atoms with Crippen LogP contribution in [0.15, 0.2) is 48.2 Å². The van der Waals surface area contributed by atoms with Crippen LogP contribution in [-0.4, -0.2) is 26.5 Å². The zero-order valence-electron chi connectivity index (χ0n) is 16.1. The fourth-order valence-electron chi connectivity index (χ4n) is 5.24. The molecule has 1 aliphatic carbocycles. The molecule has 1 aromatic heterocycles. The van der Waals surface area contributed by atoms with Crippen molar-refractivity contribution in [2.24, 2.45) is 0 Å². The van der Waals surface area contributed by atoms with Crippen molar-refractivity contribution in [2.75, 3.05) is 0 Å². The average molecular weight is 384 g/mol. The molecule has 6 rings (SSSR count). The van der Waals surface area contributed by atoms with Crippen molar-refractivity contribution in [2.45, 2.75) is 50.7 Å². The Balaban J connectivity index is 1.39. The number of allylic oxidation sites excluding steroid dienone is 2. The maximum Gasteiger partial charge on any atom is 0.141 e. The molecule has 2 atom stereocenters. The quantitative estimate of drug-likeness (QED) is 0.639. The van der Waals surface area contributed by atoms with E-state index < -0.39 is 5.82 Å². The molecule has 3 aliphatic rings. The summed E-state index contributed by atoms with van der Waals surface area (Å²) in [6, 6.07) is 14.0. The predicted molar refractivity (Wildman–Crippen MR) is 110 cm³/mol. The highest BCUT2D eigenvalue weighted by atomic mass is 19.1. The molecule has 3 heterocycles. The zero-order valence-corrected chi connectivity index (χ0v) is 16.1. The molecule has 1 fully saturated rings. The van der Waals surface area contributed by atoms with Gasteiger partial charge in [-0.25, -0.2) is 9.37 Å². The van der Waals surface area contributed by atoms with Gasteiger partial charge in [-0.1, -0.05) is 18.2 Å². The van der Waals surface area contributed by atoms with Crippen molar-refractivity contribution in [1.29, 1.82) is 5.26 Å². The van der Waals surface area contributed by atoms with E-state index in [1.807, 2.05) is 18.2 Å². The molecule has 0 N–H and O–H groups in total. The second-order valence-corrected chi connectivity index (χ2v) is 8.38. The van der Waals surface area contributed by atoms with Crippen LogP contribution in [0.2, 0.25) is 0 Å². The molecule has 4 nitrogen and oxygen atoms in total. The summed E-state index contributed by atoms with van der Waals surface area (Å²) in [5, 5.41) is 8.95. The predicted octanol–water partition coefficient (Wildman–Crippen LogP) is 4.78. The molecule has 0 radical (unpaired) electrons. The number of hydrogen-bond donors (Lipinski definition) is 0. The normalized spacial score (nSPS) is 22.6. The van der Waals surface area contributed by atoms with E-state index in [0.717, 1.165) is 35.1 Å². The second kappa shape index (κ2) is 6.18. The van der Waals surface area contributed by atoms with Crippen LogP contribution in [0.4, 0.5) is 4.39 Å². The van der Waals surface area contributed by atoms with E-state index in [1.165, 1.54) is 43.3 Å². The number of nitriles is 1. The number of rotatable bonds is 2. The van der Waals surface area contributed by atoms with Crippen LogP contribution in [-0.2, 0) is 13.0 Å². The third-order valence-corrected chi connectivity index (χ3v) is 6.79. The minimum Gasteiger partial charge on any atom is -0.367 e. The van der Waals surface area contributed by atoms with Crippen molar-refractivity contribution in [1.82, 2.24) is 14.5 Å². The van der Waals surface area contributed by atoms with Crippen molar-refractivity contribution >= 4 is 11.0 Å². The Morgan fingerprint density at radius 1 is 1.07 bits per heavy atom.